The van der Waals surface area contributed by atoms with E-state index in [9.17, 15) is 9.18 Å². The van der Waals surface area contributed by atoms with Crippen LogP contribution >= 0.6 is 0 Å². The predicted octanol–water partition coefficient (Wildman–Crippen LogP) is 2.31. The Morgan fingerprint density at radius 1 is 1.53 bits per heavy atom. The molecule has 17 heavy (non-hydrogen) atoms. The molecule has 4 nitrogen and oxygen atoms in total. The average Bonchev–Trinajstić information content (AvgIpc) is 2.26. The second kappa shape index (κ2) is 4.53. The molecule has 1 atom stereocenters. The summed E-state index contributed by atoms with van der Waals surface area (Å²) in [7, 11) is 0. The molecule has 1 aliphatic heterocycles. The molecule has 0 radical (unpaired) electrons. The van der Waals surface area contributed by atoms with E-state index in [-0.39, 0.29) is 6.10 Å². The Morgan fingerprint density at radius 3 is 2.94 bits per heavy atom. The van der Waals surface area contributed by atoms with Crippen molar-refractivity contribution in [2.75, 3.05) is 5.32 Å². The Labute approximate surface area is 98.5 Å². The van der Waals surface area contributed by atoms with Gasteiger partial charge in [-0.05, 0) is 19.9 Å². The highest BCUT2D eigenvalue weighted by atomic mass is 19.1. The number of hydrogen-bond acceptors (Lipinski definition) is 4. The SMILES string of the molecule is CC(C)Oc1cc(F)cc2c1C(C=O)N=CN2. The molecule has 0 amide bonds. The van der Waals surface area contributed by atoms with Gasteiger partial charge < -0.3 is 14.8 Å². The van der Waals surface area contributed by atoms with E-state index in [4.69, 9.17) is 4.74 Å². The van der Waals surface area contributed by atoms with Crippen molar-refractivity contribution >= 4 is 18.3 Å². The summed E-state index contributed by atoms with van der Waals surface area (Å²) in [4.78, 5) is 14.9. The van der Waals surface area contributed by atoms with Crippen molar-refractivity contribution in [2.24, 2.45) is 4.99 Å². The smallest absolute Gasteiger partial charge is 0.149 e. The number of fused-ring (bicyclic) bond motifs is 1. The van der Waals surface area contributed by atoms with E-state index in [0.717, 1.165) is 0 Å². The van der Waals surface area contributed by atoms with E-state index in [1.165, 1.54) is 18.5 Å². The van der Waals surface area contributed by atoms with Crippen LogP contribution in [0.25, 0.3) is 0 Å². The summed E-state index contributed by atoms with van der Waals surface area (Å²) in [6.45, 7) is 3.68. The zero-order valence-electron chi connectivity index (χ0n) is 9.61. The quantitative estimate of drug-likeness (QED) is 0.819. The van der Waals surface area contributed by atoms with Gasteiger partial charge in [0.05, 0.1) is 18.1 Å². The average molecular weight is 236 g/mol. The molecular weight excluding hydrogens is 223 g/mol. The molecule has 0 saturated heterocycles. The van der Waals surface area contributed by atoms with E-state index in [0.29, 0.717) is 23.3 Å². The highest BCUT2D eigenvalue weighted by Crippen LogP contribution is 2.36. The molecule has 1 aromatic rings. The molecule has 0 bridgehead atoms. The fourth-order valence-corrected chi connectivity index (χ4v) is 1.73. The van der Waals surface area contributed by atoms with Gasteiger partial charge >= 0.3 is 0 Å². The molecule has 0 spiro atoms. The zero-order chi connectivity index (χ0) is 12.4. The van der Waals surface area contributed by atoms with Gasteiger partial charge in [0.1, 0.15) is 23.9 Å². The van der Waals surface area contributed by atoms with Gasteiger partial charge in [-0.3, -0.25) is 4.99 Å². The van der Waals surface area contributed by atoms with Gasteiger partial charge in [-0.25, -0.2) is 4.39 Å². The molecule has 0 aliphatic carbocycles. The fraction of sp³-hybridized carbons (Fsp3) is 0.333. The van der Waals surface area contributed by atoms with Crippen molar-refractivity contribution in [3.05, 3.63) is 23.5 Å². The molecule has 90 valence electrons. The van der Waals surface area contributed by atoms with Crippen molar-refractivity contribution in [1.82, 2.24) is 0 Å². The van der Waals surface area contributed by atoms with Gasteiger partial charge in [-0.15, -0.1) is 0 Å². The Balaban J connectivity index is 2.52. The number of nitrogens with one attached hydrogen (secondary N) is 1. The first kappa shape index (κ1) is 11.6. The number of aldehydes is 1. The number of carbonyl (C=O) groups excluding carboxylic acids is 1. The van der Waals surface area contributed by atoms with E-state index < -0.39 is 11.9 Å². The Kier molecular flexibility index (Phi) is 3.08. The third-order valence-corrected chi connectivity index (χ3v) is 2.35. The molecule has 1 heterocycles. The van der Waals surface area contributed by atoms with Crippen LogP contribution in [0.2, 0.25) is 0 Å². The first-order chi connectivity index (χ1) is 8.11. The molecular formula is C12H13FN2O2. The van der Waals surface area contributed by atoms with Crippen molar-refractivity contribution < 1.29 is 13.9 Å². The maximum absolute atomic E-state index is 13.4. The minimum Gasteiger partial charge on any atom is -0.490 e. The maximum atomic E-state index is 13.4. The Hall–Kier alpha value is -1.91. The van der Waals surface area contributed by atoms with Gasteiger partial charge in [0.2, 0.25) is 0 Å². The second-order valence-electron chi connectivity index (χ2n) is 4.04. The number of halogens is 1. The van der Waals surface area contributed by atoms with Gasteiger partial charge in [0, 0.05) is 11.6 Å². The van der Waals surface area contributed by atoms with Crippen LogP contribution in [-0.4, -0.2) is 18.7 Å². The molecule has 1 N–H and O–H groups in total. The summed E-state index contributed by atoms with van der Waals surface area (Å²) < 4.78 is 18.9. The molecule has 0 aromatic heterocycles. The first-order valence-corrected chi connectivity index (χ1v) is 5.35. The topological polar surface area (TPSA) is 50.7 Å². The lowest BCUT2D eigenvalue weighted by molar-refractivity contribution is -0.109. The lowest BCUT2D eigenvalue weighted by Gasteiger charge is -2.22. The molecule has 0 saturated carbocycles. The molecule has 0 fully saturated rings. The van der Waals surface area contributed by atoms with E-state index in [2.05, 4.69) is 10.3 Å². The monoisotopic (exact) mass is 236 g/mol. The number of hydrogen-bond donors (Lipinski definition) is 1. The van der Waals surface area contributed by atoms with Crippen molar-refractivity contribution in [3.63, 3.8) is 0 Å². The third-order valence-electron chi connectivity index (χ3n) is 2.35. The predicted molar refractivity (Wildman–Crippen MR) is 63.1 cm³/mol. The lowest BCUT2D eigenvalue weighted by Crippen LogP contribution is -2.16. The molecule has 1 aliphatic rings. The summed E-state index contributed by atoms with van der Waals surface area (Å²) in [5, 5.41) is 2.81. The van der Waals surface area contributed by atoms with Crippen LogP contribution in [0.1, 0.15) is 25.5 Å². The first-order valence-electron chi connectivity index (χ1n) is 5.35. The number of nitrogens with zero attached hydrogens (tertiary/aromatic N) is 1. The normalized spacial score (nSPS) is 17.5. The van der Waals surface area contributed by atoms with Crippen LogP contribution in [0.5, 0.6) is 5.75 Å². The second-order valence-corrected chi connectivity index (χ2v) is 4.04. The summed E-state index contributed by atoms with van der Waals surface area (Å²) in [5.41, 5.74) is 1.10. The standard InChI is InChI=1S/C12H13FN2O2/c1-7(2)17-11-4-8(13)3-9-12(11)10(5-16)15-6-14-9/h3-7,10H,1-2H3,(H,14,15). The van der Waals surface area contributed by atoms with Crippen LogP contribution in [0, 0.1) is 5.82 Å². The third kappa shape index (κ3) is 2.27. The van der Waals surface area contributed by atoms with Crippen LogP contribution in [0.3, 0.4) is 0 Å². The molecule has 1 aromatic carbocycles. The Morgan fingerprint density at radius 2 is 2.29 bits per heavy atom. The lowest BCUT2D eigenvalue weighted by atomic mass is 10.0. The van der Waals surface area contributed by atoms with E-state index >= 15 is 0 Å². The zero-order valence-corrected chi connectivity index (χ0v) is 9.61. The molecule has 2 rings (SSSR count). The summed E-state index contributed by atoms with van der Waals surface area (Å²) in [5.74, 6) is -0.0525. The van der Waals surface area contributed by atoms with Crippen LogP contribution in [0.15, 0.2) is 17.1 Å². The number of anilines is 1. The van der Waals surface area contributed by atoms with Crippen molar-refractivity contribution in [1.29, 1.82) is 0 Å². The van der Waals surface area contributed by atoms with E-state index in [1.54, 1.807) is 0 Å². The number of rotatable bonds is 3. The van der Waals surface area contributed by atoms with Crippen LogP contribution in [0.4, 0.5) is 10.1 Å². The van der Waals surface area contributed by atoms with Crippen LogP contribution in [-0.2, 0) is 4.79 Å². The molecule has 1 unspecified atom stereocenters. The fourth-order valence-electron chi connectivity index (χ4n) is 1.73. The minimum atomic E-state index is -0.638. The van der Waals surface area contributed by atoms with Gasteiger partial charge in [-0.1, -0.05) is 0 Å². The van der Waals surface area contributed by atoms with Crippen molar-refractivity contribution in [2.45, 2.75) is 26.0 Å². The summed E-state index contributed by atoms with van der Waals surface area (Å²) in [6.07, 6.45) is 2.00. The largest absolute Gasteiger partial charge is 0.490 e. The van der Waals surface area contributed by atoms with Crippen LogP contribution < -0.4 is 10.1 Å². The van der Waals surface area contributed by atoms with Gasteiger partial charge in [-0.2, -0.15) is 0 Å². The van der Waals surface area contributed by atoms with Crippen molar-refractivity contribution in [3.8, 4) is 5.75 Å². The summed E-state index contributed by atoms with van der Waals surface area (Å²) >= 11 is 0. The maximum Gasteiger partial charge on any atom is 0.149 e. The number of aliphatic imine (C=N–C) groups is 1. The highest BCUT2D eigenvalue weighted by Gasteiger charge is 2.23. The van der Waals surface area contributed by atoms with Gasteiger partial charge in [0.15, 0.2) is 0 Å². The summed E-state index contributed by atoms with van der Waals surface area (Å²) in [6, 6.07) is 1.96. The number of ether oxygens (including phenoxy) is 1. The van der Waals surface area contributed by atoms with Gasteiger partial charge in [0.25, 0.3) is 0 Å². The molecule has 5 heteroatoms. The highest BCUT2D eigenvalue weighted by molar-refractivity contribution is 5.86. The number of carbonyl (C=O) groups is 1. The minimum absolute atomic E-state index is 0.0980. The van der Waals surface area contributed by atoms with E-state index in [1.807, 2.05) is 13.8 Å². The number of benzene rings is 1. The Bertz CT molecular complexity index is 472.